The Kier molecular flexibility index (Phi) is 4.89. The standard InChI is InChI=1S/C16H21N5O3S/c1-17-16(22)12-3-5-13(6-4-12)25(23,24)21-10-7-18-11-14(21)15-19-8-9-20(15)2/h3-6,8-9,14,18H,7,10-11H2,1-2H3,(H,17,22). The molecule has 9 heteroatoms. The molecule has 25 heavy (non-hydrogen) atoms. The molecule has 0 saturated carbocycles. The van der Waals surface area contributed by atoms with Gasteiger partial charge in [-0.15, -0.1) is 0 Å². The molecule has 1 atom stereocenters. The molecule has 1 aliphatic heterocycles. The van der Waals surface area contributed by atoms with E-state index < -0.39 is 10.0 Å². The average Bonchev–Trinajstić information content (AvgIpc) is 3.07. The molecular formula is C16H21N5O3S. The van der Waals surface area contributed by atoms with Gasteiger partial charge in [-0.2, -0.15) is 4.31 Å². The second kappa shape index (κ2) is 6.95. The van der Waals surface area contributed by atoms with Gasteiger partial charge in [-0.05, 0) is 24.3 Å². The van der Waals surface area contributed by atoms with Crippen LogP contribution in [-0.2, 0) is 17.1 Å². The lowest BCUT2D eigenvalue weighted by Gasteiger charge is -2.34. The second-order valence-corrected chi connectivity index (χ2v) is 7.73. The topological polar surface area (TPSA) is 96.3 Å². The van der Waals surface area contributed by atoms with Crippen molar-refractivity contribution in [3.05, 3.63) is 48.0 Å². The fourth-order valence-electron chi connectivity index (χ4n) is 2.95. The molecule has 0 spiro atoms. The summed E-state index contributed by atoms with van der Waals surface area (Å²) in [6.45, 7) is 1.44. The molecule has 0 bridgehead atoms. The molecule has 2 aromatic rings. The number of aromatic nitrogens is 2. The number of rotatable bonds is 4. The first-order valence-corrected chi connectivity index (χ1v) is 9.41. The number of imidazole rings is 1. The molecule has 1 aliphatic rings. The minimum absolute atomic E-state index is 0.168. The van der Waals surface area contributed by atoms with Crippen LogP contribution in [0.25, 0.3) is 0 Å². The number of carbonyl (C=O) groups is 1. The number of piperazine rings is 1. The highest BCUT2D eigenvalue weighted by molar-refractivity contribution is 7.89. The number of amides is 1. The quantitative estimate of drug-likeness (QED) is 0.804. The maximum absolute atomic E-state index is 13.1. The largest absolute Gasteiger partial charge is 0.355 e. The molecule has 2 heterocycles. The zero-order valence-electron chi connectivity index (χ0n) is 14.1. The number of nitrogens with one attached hydrogen (secondary N) is 2. The minimum Gasteiger partial charge on any atom is -0.355 e. The predicted molar refractivity (Wildman–Crippen MR) is 92.5 cm³/mol. The van der Waals surface area contributed by atoms with Gasteiger partial charge in [0.05, 0.1) is 10.9 Å². The third-order valence-corrected chi connectivity index (χ3v) is 6.22. The molecule has 1 unspecified atom stereocenters. The molecule has 1 aromatic heterocycles. The van der Waals surface area contributed by atoms with Crippen molar-refractivity contribution in [1.29, 1.82) is 0 Å². The summed E-state index contributed by atoms with van der Waals surface area (Å²) in [5.41, 5.74) is 0.419. The van der Waals surface area contributed by atoms with Gasteiger partial charge in [0.1, 0.15) is 5.82 Å². The van der Waals surface area contributed by atoms with Gasteiger partial charge in [0, 0.05) is 51.7 Å². The first-order chi connectivity index (χ1) is 11.9. The van der Waals surface area contributed by atoms with Crippen molar-refractivity contribution < 1.29 is 13.2 Å². The molecule has 0 aliphatic carbocycles. The molecule has 3 rings (SSSR count). The summed E-state index contributed by atoms with van der Waals surface area (Å²) < 4.78 is 29.5. The van der Waals surface area contributed by atoms with Crippen LogP contribution in [-0.4, -0.2) is 54.9 Å². The third-order valence-electron chi connectivity index (χ3n) is 4.30. The molecule has 8 nitrogen and oxygen atoms in total. The van der Waals surface area contributed by atoms with Crippen LogP contribution >= 0.6 is 0 Å². The van der Waals surface area contributed by atoms with Crippen LogP contribution in [0.5, 0.6) is 0 Å². The first kappa shape index (κ1) is 17.6. The normalized spacial score (nSPS) is 18.9. The predicted octanol–water partition coefficient (Wildman–Crippen LogP) is 0.115. The van der Waals surface area contributed by atoms with Gasteiger partial charge >= 0.3 is 0 Å². The van der Waals surface area contributed by atoms with Crippen LogP contribution in [0.15, 0.2) is 41.6 Å². The van der Waals surface area contributed by atoms with E-state index in [0.29, 0.717) is 31.0 Å². The van der Waals surface area contributed by atoms with Crippen LogP contribution in [0.2, 0.25) is 0 Å². The Morgan fingerprint density at radius 1 is 1.32 bits per heavy atom. The van der Waals surface area contributed by atoms with E-state index in [1.807, 2.05) is 11.6 Å². The van der Waals surface area contributed by atoms with Crippen molar-refractivity contribution in [3.63, 3.8) is 0 Å². The number of hydrogen-bond acceptors (Lipinski definition) is 5. The SMILES string of the molecule is CNC(=O)c1ccc(S(=O)(=O)N2CCNCC2c2nccn2C)cc1. The van der Waals surface area contributed by atoms with Gasteiger partial charge in [-0.3, -0.25) is 4.79 Å². The van der Waals surface area contributed by atoms with E-state index >= 15 is 0 Å². The highest BCUT2D eigenvalue weighted by atomic mass is 32.2. The van der Waals surface area contributed by atoms with E-state index in [4.69, 9.17) is 0 Å². The van der Waals surface area contributed by atoms with Crippen LogP contribution < -0.4 is 10.6 Å². The number of carbonyl (C=O) groups excluding carboxylic acids is 1. The van der Waals surface area contributed by atoms with Crippen LogP contribution in [0.1, 0.15) is 22.2 Å². The molecular weight excluding hydrogens is 342 g/mol. The molecule has 2 N–H and O–H groups in total. The zero-order valence-corrected chi connectivity index (χ0v) is 15.0. The molecule has 134 valence electrons. The Morgan fingerprint density at radius 3 is 2.64 bits per heavy atom. The summed E-state index contributed by atoms with van der Waals surface area (Å²) in [6, 6.07) is 5.60. The highest BCUT2D eigenvalue weighted by Crippen LogP contribution is 2.28. The number of sulfonamides is 1. The summed E-state index contributed by atoms with van der Waals surface area (Å²) in [7, 11) is -0.315. The molecule has 0 radical (unpaired) electrons. The summed E-state index contributed by atoms with van der Waals surface area (Å²) in [5, 5.41) is 5.74. The minimum atomic E-state index is -3.69. The summed E-state index contributed by atoms with van der Waals surface area (Å²) in [5.74, 6) is 0.440. The van der Waals surface area contributed by atoms with Gasteiger partial charge in [0.25, 0.3) is 5.91 Å². The molecule has 1 aromatic carbocycles. The lowest BCUT2D eigenvalue weighted by atomic mass is 10.2. The summed E-state index contributed by atoms with van der Waals surface area (Å²) in [6.07, 6.45) is 3.46. The fourth-order valence-corrected chi connectivity index (χ4v) is 4.54. The summed E-state index contributed by atoms with van der Waals surface area (Å²) >= 11 is 0. The number of benzene rings is 1. The zero-order chi connectivity index (χ0) is 18.0. The van der Waals surface area contributed by atoms with Gasteiger partial charge in [-0.25, -0.2) is 13.4 Å². The van der Waals surface area contributed by atoms with Crippen molar-refractivity contribution in [1.82, 2.24) is 24.5 Å². The molecule has 1 saturated heterocycles. The van der Waals surface area contributed by atoms with Crippen molar-refractivity contribution in [2.24, 2.45) is 7.05 Å². The lowest BCUT2D eigenvalue weighted by molar-refractivity contribution is 0.0963. The Bertz CT molecular complexity index is 860. The van der Waals surface area contributed by atoms with Gasteiger partial charge in [-0.1, -0.05) is 0 Å². The first-order valence-electron chi connectivity index (χ1n) is 7.97. The van der Waals surface area contributed by atoms with E-state index in [-0.39, 0.29) is 16.8 Å². The van der Waals surface area contributed by atoms with Crippen molar-refractivity contribution in [2.75, 3.05) is 26.7 Å². The molecule has 1 amide bonds. The number of aryl methyl sites for hydroxylation is 1. The van der Waals surface area contributed by atoms with Gasteiger partial charge in [0.2, 0.25) is 10.0 Å². The smallest absolute Gasteiger partial charge is 0.251 e. The second-order valence-electron chi connectivity index (χ2n) is 5.84. The van der Waals surface area contributed by atoms with Crippen molar-refractivity contribution in [2.45, 2.75) is 10.9 Å². The van der Waals surface area contributed by atoms with E-state index in [2.05, 4.69) is 15.6 Å². The third kappa shape index (κ3) is 3.30. The van der Waals surface area contributed by atoms with E-state index in [1.165, 1.54) is 35.6 Å². The molecule has 1 fully saturated rings. The monoisotopic (exact) mass is 363 g/mol. The van der Waals surface area contributed by atoms with E-state index in [0.717, 1.165) is 0 Å². The van der Waals surface area contributed by atoms with Crippen molar-refractivity contribution >= 4 is 15.9 Å². The maximum Gasteiger partial charge on any atom is 0.251 e. The van der Waals surface area contributed by atoms with Crippen molar-refractivity contribution in [3.8, 4) is 0 Å². The van der Waals surface area contributed by atoms with Gasteiger partial charge in [0.15, 0.2) is 0 Å². The highest BCUT2D eigenvalue weighted by Gasteiger charge is 2.36. The fraction of sp³-hybridized carbons (Fsp3) is 0.375. The lowest BCUT2D eigenvalue weighted by Crippen LogP contribution is -2.49. The summed E-state index contributed by atoms with van der Waals surface area (Å²) in [4.78, 5) is 16.1. The number of hydrogen-bond donors (Lipinski definition) is 2. The van der Waals surface area contributed by atoms with Crippen LogP contribution in [0.3, 0.4) is 0 Å². The number of nitrogens with zero attached hydrogens (tertiary/aromatic N) is 3. The van der Waals surface area contributed by atoms with E-state index in [1.54, 1.807) is 12.4 Å². The Labute approximate surface area is 146 Å². The Morgan fingerprint density at radius 2 is 2.04 bits per heavy atom. The Hall–Kier alpha value is -2.23. The van der Waals surface area contributed by atoms with Crippen LogP contribution in [0.4, 0.5) is 0 Å². The Balaban J connectivity index is 1.94. The van der Waals surface area contributed by atoms with E-state index in [9.17, 15) is 13.2 Å². The van der Waals surface area contributed by atoms with Gasteiger partial charge < -0.3 is 15.2 Å². The average molecular weight is 363 g/mol. The maximum atomic E-state index is 13.1. The van der Waals surface area contributed by atoms with Crippen LogP contribution in [0, 0.1) is 0 Å².